The summed E-state index contributed by atoms with van der Waals surface area (Å²) in [7, 11) is -1.86. The Balaban J connectivity index is 1.75. The minimum Gasteiger partial charge on any atom is -0.481 e. The van der Waals surface area contributed by atoms with Crippen LogP contribution in [0.5, 0.6) is 5.88 Å². The first-order valence-electron chi connectivity index (χ1n) is 7.71. The molecule has 6 nitrogen and oxygen atoms in total. The molecule has 2 unspecified atom stereocenters. The van der Waals surface area contributed by atoms with Crippen LogP contribution in [0.25, 0.3) is 0 Å². The summed E-state index contributed by atoms with van der Waals surface area (Å²) in [6, 6.07) is 12.8. The van der Waals surface area contributed by atoms with Crippen LogP contribution in [0.1, 0.15) is 11.1 Å². The summed E-state index contributed by atoms with van der Waals surface area (Å²) >= 11 is 0. The SMILES string of the molecule is COc1ccc(CNCC(O)CP(=O)(O)Cc2ccccc2)cn1. The van der Waals surface area contributed by atoms with Gasteiger partial charge < -0.3 is 20.1 Å². The number of nitrogens with one attached hydrogen (secondary N) is 1. The van der Waals surface area contributed by atoms with Gasteiger partial charge in [-0.3, -0.25) is 4.57 Å². The summed E-state index contributed by atoms with van der Waals surface area (Å²) in [4.78, 5) is 14.1. The Bertz CT molecular complexity index is 664. The number of nitrogens with zero attached hydrogens (tertiary/aromatic N) is 1. The minimum absolute atomic E-state index is 0.0767. The van der Waals surface area contributed by atoms with Crippen LogP contribution in [0.3, 0.4) is 0 Å². The molecule has 130 valence electrons. The molecule has 3 N–H and O–H groups in total. The van der Waals surface area contributed by atoms with Crippen molar-refractivity contribution in [3.05, 3.63) is 59.8 Å². The van der Waals surface area contributed by atoms with Gasteiger partial charge in [0.1, 0.15) is 0 Å². The van der Waals surface area contributed by atoms with Crippen molar-refractivity contribution in [2.45, 2.75) is 18.8 Å². The smallest absolute Gasteiger partial charge is 0.212 e. The number of aromatic nitrogens is 1. The molecule has 1 aromatic carbocycles. The van der Waals surface area contributed by atoms with E-state index in [2.05, 4.69) is 10.3 Å². The monoisotopic (exact) mass is 350 g/mol. The topological polar surface area (TPSA) is 91.7 Å². The van der Waals surface area contributed by atoms with Gasteiger partial charge in [-0.15, -0.1) is 0 Å². The number of hydrogen-bond acceptors (Lipinski definition) is 5. The van der Waals surface area contributed by atoms with Crippen molar-refractivity contribution in [2.24, 2.45) is 0 Å². The first-order valence-corrected chi connectivity index (χ1v) is 9.74. The molecule has 0 saturated carbocycles. The van der Waals surface area contributed by atoms with Gasteiger partial charge in [0.2, 0.25) is 13.2 Å². The molecule has 2 aromatic rings. The zero-order valence-corrected chi connectivity index (χ0v) is 14.5. The fourth-order valence-electron chi connectivity index (χ4n) is 2.35. The second-order valence-corrected chi connectivity index (χ2v) is 8.04. The van der Waals surface area contributed by atoms with Gasteiger partial charge in [0, 0.05) is 31.5 Å². The maximum atomic E-state index is 12.2. The molecule has 0 spiro atoms. The molecular weight excluding hydrogens is 327 g/mol. The highest BCUT2D eigenvalue weighted by molar-refractivity contribution is 7.57. The van der Waals surface area contributed by atoms with E-state index in [0.717, 1.165) is 11.1 Å². The van der Waals surface area contributed by atoms with Gasteiger partial charge >= 0.3 is 0 Å². The Morgan fingerprint density at radius 3 is 2.58 bits per heavy atom. The second-order valence-electron chi connectivity index (χ2n) is 5.67. The van der Waals surface area contributed by atoms with Gasteiger partial charge in [-0.25, -0.2) is 4.98 Å². The largest absolute Gasteiger partial charge is 0.481 e. The molecule has 1 heterocycles. The Morgan fingerprint density at radius 1 is 1.21 bits per heavy atom. The summed E-state index contributed by atoms with van der Waals surface area (Å²) in [6.45, 7) is 0.758. The number of aliphatic hydroxyl groups is 1. The van der Waals surface area contributed by atoms with Crippen LogP contribution in [0.4, 0.5) is 0 Å². The number of ether oxygens (including phenoxy) is 1. The zero-order chi connectivity index (χ0) is 17.4. The highest BCUT2D eigenvalue weighted by Gasteiger charge is 2.23. The van der Waals surface area contributed by atoms with E-state index in [-0.39, 0.29) is 18.9 Å². The van der Waals surface area contributed by atoms with Crippen LogP contribution < -0.4 is 10.1 Å². The summed E-state index contributed by atoms with van der Waals surface area (Å²) in [6.07, 6.45) is 0.754. The number of benzene rings is 1. The van der Waals surface area contributed by atoms with Crippen molar-refractivity contribution in [2.75, 3.05) is 19.8 Å². The molecular formula is C17H23N2O4P. The lowest BCUT2D eigenvalue weighted by Gasteiger charge is -2.17. The molecule has 2 rings (SSSR count). The predicted molar refractivity (Wildman–Crippen MR) is 93.3 cm³/mol. The highest BCUT2D eigenvalue weighted by atomic mass is 31.2. The van der Waals surface area contributed by atoms with Crippen molar-refractivity contribution >= 4 is 7.37 Å². The maximum Gasteiger partial charge on any atom is 0.212 e. The van der Waals surface area contributed by atoms with Crippen LogP contribution >= 0.6 is 7.37 Å². The van der Waals surface area contributed by atoms with E-state index in [1.54, 1.807) is 19.4 Å². The summed E-state index contributed by atoms with van der Waals surface area (Å²) < 4.78 is 17.2. The van der Waals surface area contributed by atoms with E-state index in [0.29, 0.717) is 12.4 Å². The number of hydrogen-bond donors (Lipinski definition) is 3. The molecule has 0 saturated heterocycles. The molecule has 0 radical (unpaired) electrons. The number of aliphatic hydroxyl groups excluding tert-OH is 1. The summed E-state index contributed by atoms with van der Waals surface area (Å²) in [5.74, 6) is 0.543. The van der Waals surface area contributed by atoms with E-state index in [1.165, 1.54) is 0 Å². The lowest BCUT2D eigenvalue weighted by molar-refractivity contribution is 0.190. The van der Waals surface area contributed by atoms with E-state index in [9.17, 15) is 14.6 Å². The van der Waals surface area contributed by atoms with Crippen LogP contribution in [0.2, 0.25) is 0 Å². The molecule has 24 heavy (non-hydrogen) atoms. The number of rotatable bonds is 9. The average Bonchev–Trinajstić information content (AvgIpc) is 2.55. The molecule has 2 atom stereocenters. The van der Waals surface area contributed by atoms with Gasteiger partial charge in [0.05, 0.1) is 19.4 Å². The van der Waals surface area contributed by atoms with Crippen molar-refractivity contribution < 1.29 is 19.3 Å². The van der Waals surface area contributed by atoms with Crippen molar-refractivity contribution in [3.63, 3.8) is 0 Å². The molecule has 0 fully saturated rings. The molecule has 7 heteroatoms. The molecule has 0 bridgehead atoms. The molecule has 0 aliphatic rings. The van der Waals surface area contributed by atoms with E-state index < -0.39 is 13.5 Å². The van der Waals surface area contributed by atoms with Crippen LogP contribution in [-0.2, 0) is 17.3 Å². The highest BCUT2D eigenvalue weighted by Crippen LogP contribution is 2.44. The third-order valence-corrected chi connectivity index (χ3v) is 5.34. The van der Waals surface area contributed by atoms with E-state index in [4.69, 9.17) is 4.74 Å². The Labute approximate surface area is 142 Å². The molecule has 0 amide bonds. The lowest BCUT2D eigenvalue weighted by Crippen LogP contribution is -2.29. The average molecular weight is 350 g/mol. The standard InChI is InChI=1S/C17H23N2O4P/c1-23-17-8-7-15(10-19-17)9-18-11-16(20)13-24(21,22)12-14-5-3-2-4-6-14/h2-8,10,16,18,20H,9,11-13H2,1H3,(H,21,22). The first-order chi connectivity index (χ1) is 11.5. The minimum atomic E-state index is -3.41. The second kappa shape index (κ2) is 8.94. The maximum absolute atomic E-state index is 12.2. The van der Waals surface area contributed by atoms with Gasteiger partial charge in [-0.1, -0.05) is 36.4 Å². The lowest BCUT2D eigenvalue weighted by atomic mass is 10.2. The van der Waals surface area contributed by atoms with Crippen LogP contribution in [-0.4, -0.2) is 40.9 Å². The third-order valence-electron chi connectivity index (χ3n) is 3.48. The predicted octanol–water partition coefficient (Wildman–Crippen LogP) is 2.01. The summed E-state index contributed by atoms with van der Waals surface area (Å²) in [5, 5.41) is 13.1. The zero-order valence-electron chi connectivity index (χ0n) is 13.6. The Hall–Kier alpha value is -1.72. The fraction of sp³-hybridized carbons (Fsp3) is 0.353. The van der Waals surface area contributed by atoms with Gasteiger partial charge in [0.25, 0.3) is 0 Å². The molecule has 0 aliphatic heterocycles. The normalized spacial score (nSPS) is 14.8. The van der Waals surface area contributed by atoms with Gasteiger partial charge in [0.15, 0.2) is 0 Å². The fourth-order valence-corrected chi connectivity index (χ4v) is 4.04. The number of methoxy groups -OCH3 is 1. The Kier molecular flexibility index (Phi) is 6.94. The van der Waals surface area contributed by atoms with Crippen molar-refractivity contribution in [1.29, 1.82) is 0 Å². The van der Waals surface area contributed by atoms with Crippen molar-refractivity contribution in [3.8, 4) is 5.88 Å². The molecule has 1 aromatic heterocycles. The van der Waals surface area contributed by atoms with E-state index >= 15 is 0 Å². The third kappa shape index (κ3) is 6.42. The number of pyridine rings is 1. The van der Waals surface area contributed by atoms with Gasteiger partial charge in [-0.05, 0) is 11.1 Å². The van der Waals surface area contributed by atoms with Gasteiger partial charge in [-0.2, -0.15) is 0 Å². The summed E-state index contributed by atoms with van der Waals surface area (Å²) in [5.41, 5.74) is 1.74. The van der Waals surface area contributed by atoms with Crippen LogP contribution in [0.15, 0.2) is 48.7 Å². The van der Waals surface area contributed by atoms with Crippen molar-refractivity contribution in [1.82, 2.24) is 10.3 Å². The van der Waals surface area contributed by atoms with E-state index in [1.807, 2.05) is 36.4 Å². The molecule has 0 aliphatic carbocycles. The first kappa shape index (κ1) is 18.6. The quantitative estimate of drug-likeness (QED) is 0.599. The Morgan fingerprint density at radius 2 is 1.96 bits per heavy atom. The van der Waals surface area contributed by atoms with Crippen LogP contribution in [0, 0.1) is 0 Å².